The first-order valence-electron chi connectivity index (χ1n) is 6.69. The molecule has 0 aliphatic rings. The molecule has 112 valence electrons. The molecule has 0 bridgehead atoms. The Hall–Kier alpha value is -1.40. The van der Waals surface area contributed by atoms with Crippen LogP contribution in [0.25, 0.3) is 0 Å². The second kappa shape index (κ2) is 8.01. The number of hydrogen-bond donors (Lipinski definition) is 2. The maximum atomic E-state index is 11.9. The first-order chi connectivity index (χ1) is 9.38. The van der Waals surface area contributed by atoms with Gasteiger partial charge < -0.3 is 10.6 Å². The minimum Gasteiger partial charge on any atom is -0.353 e. The van der Waals surface area contributed by atoms with Crippen LogP contribution in [0, 0.1) is 0 Å². The fourth-order valence-corrected chi connectivity index (χ4v) is 2.54. The Bertz CT molecular complexity index is 432. The lowest BCUT2D eigenvalue weighted by atomic mass is 10.2. The molecule has 2 N–H and O–H groups in total. The van der Waals surface area contributed by atoms with Gasteiger partial charge in [0.25, 0.3) is 0 Å². The lowest BCUT2D eigenvalue weighted by Gasteiger charge is -2.18. The van der Waals surface area contributed by atoms with Crippen molar-refractivity contribution in [3.8, 4) is 0 Å². The van der Waals surface area contributed by atoms with E-state index in [1.165, 1.54) is 0 Å². The molecule has 0 aromatic carbocycles. The first kappa shape index (κ1) is 16.7. The van der Waals surface area contributed by atoms with Gasteiger partial charge in [0, 0.05) is 10.9 Å². The van der Waals surface area contributed by atoms with E-state index < -0.39 is 0 Å². The summed E-state index contributed by atoms with van der Waals surface area (Å²) < 4.78 is 0. The molecule has 1 aromatic rings. The second-order valence-electron chi connectivity index (χ2n) is 5.20. The van der Waals surface area contributed by atoms with Crippen LogP contribution in [0.5, 0.6) is 0 Å². The molecule has 0 saturated carbocycles. The van der Waals surface area contributed by atoms with E-state index in [2.05, 4.69) is 10.6 Å². The topological polar surface area (TPSA) is 61.4 Å². The number of thiophene rings is 1. The molecule has 0 saturated heterocycles. The molecule has 1 aromatic heterocycles. The average Bonchev–Trinajstić information content (AvgIpc) is 2.79. The maximum Gasteiger partial charge on any atom is 0.234 e. The molecular weight excluding hydrogens is 274 g/mol. The zero-order valence-corrected chi connectivity index (χ0v) is 13.3. The summed E-state index contributed by atoms with van der Waals surface area (Å²) in [5, 5.41) is 7.71. The first-order valence-corrected chi connectivity index (χ1v) is 7.57. The van der Waals surface area contributed by atoms with E-state index in [0.717, 1.165) is 4.88 Å². The van der Waals surface area contributed by atoms with E-state index in [-0.39, 0.29) is 37.0 Å². The van der Waals surface area contributed by atoms with Crippen molar-refractivity contribution in [3.05, 3.63) is 22.4 Å². The normalized spacial score (nSPS) is 12.5. The zero-order chi connectivity index (χ0) is 15.1. The molecule has 0 aliphatic heterocycles. The number of carbonyl (C=O) groups excluding carboxylic acids is 2. The highest BCUT2D eigenvalue weighted by Gasteiger charge is 2.14. The van der Waals surface area contributed by atoms with E-state index >= 15 is 0 Å². The van der Waals surface area contributed by atoms with Crippen molar-refractivity contribution < 1.29 is 9.59 Å². The fraction of sp³-hybridized carbons (Fsp3) is 0.571. The van der Waals surface area contributed by atoms with E-state index in [0.29, 0.717) is 0 Å². The highest BCUT2D eigenvalue weighted by Crippen LogP contribution is 2.17. The number of nitrogens with one attached hydrogen (secondary N) is 2. The summed E-state index contributed by atoms with van der Waals surface area (Å²) in [6.07, 6.45) is 0. The summed E-state index contributed by atoms with van der Waals surface area (Å²) in [7, 11) is 1.76. The number of hydrogen-bond acceptors (Lipinski definition) is 4. The minimum absolute atomic E-state index is 0.000362. The van der Waals surface area contributed by atoms with Gasteiger partial charge in [0.05, 0.1) is 19.1 Å². The van der Waals surface area contributed by atoms with E-state index in [1.54, 1.807) is 23.3 Å². The lowest BCUT2D eigenvalue weighted by Crippen LogP contribution is -2.42. The van der Waals surface area contributed by atoms with Gasteiger partial charge in [0.2, 0.25) is 11.8 Å². The van der Waals surface area contributed by atoms with Crippen LogP contribution in [0.4, 0.5) is 0 Å². The van der Waals surface area contributed by atoms with Crippen LogP contribution in [0.1, 0.15) is 31.7 Å². The predicted molar refractivity (Wildman–Crippen MR) is 81.7 cm³/mol. The van der Waals surface area contributed by atoms with Gasteiger partial charge in [-0.1, -0.05) is 6.07 Å². The summed E-state index contributed by atoms with van der Waals surface area (Å²) in [5.74, 6) is -0.146. The number of rotatable bonds is 7. The molecule has 1 heterocycles. The summed E-state index contributed by atoms with van der Waals surface area (Å²) in [6, 6.07) is 4.07. The highest BCUT2D eigenvalue weighted by atomic mass is 32.1. The second-order valence-corrected chi connectivity index (χ2v) is 6.18. The summed E-state index contributed by atoms with van der Waals surface area (Å²) in [6.45, 7) is 6.20. The Morgan fingerprint density at radius 3 is 2.30 bits per heavy atom. The van der Waals surface area contributed by atoms with Crippen molar-refractivity contribution in [2.45, 2.75) is 32.9 Å². The molecule has 0 radical (unpaired) electrons. The molecule has 2 amide bonds. The Morgan fingerprint density at radius 2 is 1.80 bits per heavy atom. The van der Waals surface area contributed by atoms with Gasteiger partial charge in [-0.15, -0.1) is 11.3 Å². The molecule has 1 atom stereocenters. The smallest absolute Gasteiger partial charge is 0.234 e. The van der Waals surface area contributed by atoms with Gasteiger partial charge in [0.15, 0.2) is 0 Å². The van der Waals surface area contributed by atoms with Gasteiger partial charge >= 0.3 is 0 Å². The molecule has 5 nitrogen and oxygen atoms in total. The van der Waals surface area contributed by atoms with Crippen molar-refractivity contribution in [1.82, 2.24) is 15.5 Å². The van der Waals surface area contributed by atoms with E-state index in [4.69, 9.17) is 0 Å². The van der Waals surface area contributed by atoms with E-state index in [1.807, 2.05) is 38.3 Å². The van der Waals surface area contributed by atoms with Gasteiger partial charge in [-0.3, -0.25) is 14.5 Å². The van der Waals surface area contributed by atoms with Crippen LogP contribution in [0.3, 0.4) is 0 Å². The molecule has 0 aliphatic carbocycles. The summed E-state index contributed by atoms with van der Waals surface area (Å²) in [4.78, 5) is 26.3. The van der Waals surface area contributed by atoms with Crippen LogP contribution in [-0.4, -0.2) is 42.9 Å². The molecule has 6 heteroatoms. The van der Waals surface area contributed by atoms with Crippen molar-refractivity contribution in [3.63, 3.8) is 0 Å². The maximum absolute atomic E-state index is 11.9. The van der Waals surface area contributed by atoms with Crippen LogP contribution in [-0.2, 0) is 9.59 Å². The van der Waals surface area contributed by atoms with Crippen LogP contribution < -0.4 is 10.6 Å². The SMILES string of the molecule is CC(C)NC(=O)CN(C)CC(=O)N[C@H](C)c1cccs1. The Kier molecular flexibility index (Phi) is 6.67. The Balaban J connectivity index is 2.33. The summed E-state index contributed by atoms with van der Waals surface area (Å²) >= 11 is 1.62. The molecule has 0 fully saturated rings. The number of amides is 2. The predicted octanol–water partition coefficient (Wildman–Crippen LogP) is 1.38. The van der Waals surface area contributed by atoms with E-state index in [9.17, 15) is 9.59 Å². The van der Waals surface area contributed by atoms with Crippen LogP contribution in [0.2, 0.25) is 0 Å². The summed E-state index contributed by atoms with van der Waals surface area (Å²) in [5.41, 5.74) is 0. The third kappa shape index (κ3) is 6.16. The standard InChI is InChI=1S/C14H23N3O2S/c1-10(2)15-13(18)8-17(4)9-14(19)16-11(3)12-6-5-7-20-12/h5-7,10-11H,8-9H2,1-4H3,(H,15,18)(H,16,19)/t11-/m1/s1. The number of carbonyl (C=O) groups is 2. The van der Waals surface area contributed by atoms with Crippen molar-refractivity contribution in [2.24, 2.45) is 0 Å². The van der Waals surface area contributed by atoms with Crippen LogP contribution in [0.15, 0.2) is 17.5 Å². The largest absolute Gasteiger partial charge is 0.353 e. The Morgan fingerprint density at radius 1 is 1.20 bits per heavy atom. The van der Waals surface area contributed by atoms with Crippen LogP contribution >= 0.6 is 11.3 Å². The molecular formula is C14H23N3O2S. The minimum atomic E-state index is -0.0780. The molecule has 1 rings (SSSR count). The van der Waals surface area contributed by atoms with Gasteiger partial charge in [-0.25, -0.2) is 0 Å². The lowest BCUT2D eigenvalue weighted by molar-refractivity contribution is -0.125. The van der Waals surface area contributed by atoms with Gasteiger partial charge in [-0.05, 0) is 39.3 Å². The monoisotopic (exact) mass is 297 g/mol. The average molecular weight is 297 g/mol. The Labute approximate surface area is 124 Å². The fourth-order valence-electron chi connectivity index (χ4n) is 1.81. The number of nitrogens with zero attached hydrogens (tertiary/aromatic N) is 1. The zero-order valence-electron chi connectivity index (χ0n) is 12.5. The third-order valence-electron chi connectivity index (χ3n) is 2.62. The quantitative estimate of drug-likeness (QED) is 0.799. The number of likely N-dealkylation sites (N-methyl/N-ethyl adjacent to an activating group) is 1. The molecule has 0 unspecified atom stereocenters. The third-order valence-corrected chi connectivity index (χ3v) is 3.68. The van der Waals surface area contributed by atoms with Crippen molar-refractivity contribution >= 4 is 23.2 Å². The highest BCUT2D eigenvalue weighted by molar-refractivity contribution is 7.10. The van der Waals surface area contributed by atoms with Gasteiger partial charge in [-0.2, -0.15) is 0 Å². The van der Waals surface area contributed by atoms with Crippen molar-refractivity contribution in [1.29, 1.82) is 0 Å². The van der Waals surface area contributed by atoms with Gasteiger partial charge in [0.1, 0.15) is 0 Å². The van der Waals surface area contributed by atoms with Crippen molar-refractivity contribution in [2.75, 3.05) is 20.1 Å². The molecule has 20 heavy (non-hydrogen) atoms. The molecule has 0 spiro atoms.